The van der Waals surface area contributed by atoms with Gasteiger partial charge in [0.1, 0.15) is 6.04 Å². The molecule has 1 atom stereocenters. The van der Waals surface area contributed by atoms with Crippen LogP contribution in [0.4, 0.5) is 4.79 Å². The molecule has 0 spiro atoms. The Balaban J connectivity index is 1.42. The van der Waals surface area contributed by atoms with Gasteiger partial charge in [0.15, 0.2) is 0 Å². The van der Waals surface area contributed by atoms with Crippen molar-refractivity contribution in [3.8, 4) is 0 Å². The van der Waals surface area contributed by atoms with E-state index >= 15 is 0 Å². The molecule has 2 aromatic rings. The summed E-state index contributed by atoms with van der Waals surface area (Å²) < 4.78 is 1.89. The minimum atomic E-state index is -0.780. The number of nitrogens with zero attached hydrogens (tertiary/aromatic N) is 2. The third kappa shape index (κ3) is 3.47. The zero-order valence-electron chi connectivity index (χ0n) is 12.4. The lowest BCUT2D eigenvalue weighted by molar-refractivity contribution is -0.126. The van der Waals surface area contributed by atoms with E-state index in [1.165, 1.54) is 0 Å². The maximum Gasteiger partial charge on any atom is 0.322 e. The molecule has 120 valence electrons. The molecule has 0 radical (unpaired) electrons. The van der Waals surface area contributed by atoms with E-state index in [1.54, 1.807) is 0 Å². The number of benzene rings is 1. The number of rotatable bonds is 6. The molecule has 8 nitrogen and oxygen atoms in total. The van der Waals surface area contributed by atoms with Crippen LogP contribution < -0.4 is 16.0 Å². The molecule has 1 aromatic carbocycles. The molecular formula is C15H17N5O3. The summed E-state index contributed by atoms with van der Waals surface area (Å²) in [5, 5.41) is 12.6. The SMILES string of the molecule is O=C(C[C@H]1NC(=O)NC1=O)NCCCn1ncc2ccccc21. The summed E-state index contributed by atoms with van der Waals surface area (Å²) in [5.74, 6) is -0.731. The van der Waals surface area contributed by atoms with Gasteiger partial charge in [-0.05, 0) is 12.5 Å². The number of hydrogen-bond acceptors (Lipinski definition) is 4. The van der Waals surface area contributed by atoms with Crippen molar-refractivity contribution in [2.45, 2.75) is 25.4 Å². The van der Waals surface area contributed by atoms with Crippen molar-refractivity contribution in [2.75, 3.05) is 6.54 Å². The van der Waals surface area contributed by atoms with Gasteiger partial charge in [-0.25, -0.2) is 4.79 Å². The lowest BCUT2D eigenvalue weighted by atomic mass is 10.2. The molecule has 1 fully saturated rings. The maximum atomic E-state index is 11.8. The summed E-state index contributed by atoms with van der Waals surface area (Å²) >= 11 is 0. The highest BCUT2D eigenvalue weighted by atomic mass is 16.2. The molecule has 1 aromatic heterocycles. The smallest absolute Gasteiger partial charge is 0.322 e. The van der Waals surface area contributed by atoms with Crippen LogP contribution >= 0.6 is 0 Å². The van der Waals surface area contributed by atoms with E-state index in [4.69, 9.17) is 0 Å². The first-order chi connectivity index (χ1) is 11.1. The number of imide groups is 1. The third-order valence-corrected chi connectivity index (χ3v) is 3.67. The van der Waals surface area contributed by atoms with Gasteiger partial charge in [-0.2, -0.15) is 5.10 Å². The quantitative estimate of drug-likeness (QED) is 0.521. The number of carbonyl (C=O) groups is 3. The predicted molar refractivity (Wildman–Crippen MR) is 82.4 cm³/mol. The standard InChI is InChI=1S/C15H17N5O3/c21-13(8-11-14(22)19-15(23)18-11)16-6-3-7-20-12-5-2-1-4-10(12)9-17-20/h1-2,4-5,9,11H,3,6-8H2,(H,16,21)(H2,18,19,22,23)/t11-/m1/s1. The molecular weight excluding hydrogens is 298 g/mol. The first-order valence-electron chi connectivity index (χ1n) is 7.42. The zero-order valence-corrected chi connectivity index (χ0v) is 12.4. The van der Waals surface area contributed by atoms with E-state index in [-0.39, 0.29) is 12.3 Å². The normalized spacial score (nSPS) is 17.1. The first kappa shape index (κ1) is 15.0. The second-order valence-electron chi connectivity index (χ2n) is 5.35. The summed E-state index contributed by atoms with van der Waals surface area (Å²) in [6, 6.07) is 6.59. The van der Waals surface area contributed by atoms with E-state index in [0.717, 1.165) is 17.3 Å². The van der Waals surface area contributed by atoms with E-state index in [2.05, 4.69) is 21.0 Å². The molecule has 0 aliphatic carbocycles. The van der Waals surface area contributed by atoms with Crippen LogP contribution in [0, 0.1) is 0 Å². The molecule has 3 rings (SSSR count). The highest BCUT2D eigenvalue weighted by Gasteiger charge is 2.30. The van der Waals surface area contributed by atoms with Crippen LogP contribution in [0.5, 0.6) is 0 Å². The lowest BCUT2D eigenvalue weighted by Crippen LogP contribution is -2.36. The van der Waals surface area contributed by atoms with Crippen molar-refractivity contribution in [3.63, 3.8) is 0 Å². The Kier molecular flexibility index (Phi) is 4.22. The van der Waals surface area contributed by atoms with Gasteiger partial charge in [0, 0.05) is 18.5 Å². The Hall–Kier alpha value is -2.90. The molecule has 8 heteroatoms. The van der Waals surface area contributed by atoms with Crippen LogP contribution in [0.15, 0.2) is 30.5 Å². The van der Waals surface area contributed by atoms with Crippen LogP contribution in [-0.4, -0.2) is 40.2 Å². The summed E-state index contributed by atoms with van der Waals surface area (Å²) in [4.78, 5) is 34.1. The van der Waals surface area contributed by atoms with Crippen LogP contribution in [0.25, 0.3) is 10.9 Å². The average molecular weight is 315 g/mol. The van der Waals surface area contributed by atoms with Gasteiger partial charge in [-0.3, -0.25) is 19.6 Å². The number of nitrogens with one attached hydrogen (secondary N) is 3. The molecule has 2 heterocycles. The fourth-order valence-corrected chi connectivity index (χ4v) is 2.52. The number of hydrogen-bond donors (Lipinski definition) is 3. The Labute approximate surface area is 132 Å². The van der Waals surface area contributed by atoms with Gasteiger partial charge in [0.25, 0.3) is 5.91 Å². The number of aryl methyl sites for hydroxylation is 1. The number of para-hydroxylation sites is 1. The van der Waals surface area contributed by atoms with E-state index in [9.17, 15) is 14.4 Å². The number of carbonyl (C=O) groups excluding carboxylic acids is 3. The minimum absolute atomic E-state index is 0.0533. The van der Waals surface area contributed by atoms with Gasteiger partial charge in [0.2, 0.25) is 5.91 Å². The van der Waals surface area contributed by atoms with Gasteiger partial charge in [-0.15, -0.1) is 0 Å². The average Bonchev–Trinajstić information content (AvgIpc) is 3.07. The molecule has 1 aliphatic heterocycles. The van der Waals surface area contributed by atoms with Crippen molar-refractivity contribution < 1.29 is 14.4 Å². The van der Waals surface area contributed by atoms with Crippen molar-refractivity contribution in [1.29, 1.82) is 0 Å². The third-order valence-electron chi connectivity index (χ3n) is 3.67. The fourth-order valence-electron chi connectivity index (χ4n) is 2.52. The van der Waals surface area contributed by atoms with Crippen molar-refractivity contribution >= 4 is 28.7 Å². The lowest BCUT2D eigenvalue weighted by Gasteiger charge is -2.08. The highest BCUT2D eigenvalue weighted by Crippen LogP contribution is 2.12. The van der Waals surface area contributed by atoms with Crippen LogP contribution in [-0.2, 0) is 16.1 Å². The van der Waals surface area contributed by atoms with E-state index < -0.39 is 18.0 Å². The van der Waals surface area contributed by atoms with Crippen molar-refractivity contribution in [2.24, 2.45) is 0 Å². The fraction of sp³-hybridized carbons (Fsp3) is 0.333. The summed E-state index contributed by atoms with van der Waals surface area (Å²) in [6.45, 7) is 1.17. The summed E-state index contributed by atoms with van der Waals surface area (Å²) in [6.07, 6.45) is 2.48. The molecule has 4 amide bonds. The summed E-state index contributed by atoms with van der Waals surface area (Å²) in [5.41, 5.74) is 1.06. The second kappa shape index (κ2) is 6.47. The maximum absolute atomic E-state index is 11.8. The van der Waals surface area contributed by atoms with Crippen molar-refractivity contribution in [3.05, 3.63) is 30.5 Å². The molecule has 3 N–H and O–H groups in total. The number of amides is 4. The largest absolute Gasteiger partial charge is 0.356 e. The van der Waals surface area contributed by atoms with Gasteiger partial charge in [-0.1, -0.05) is 18.2 Å². The Morgan fingerprint density at radius 2 is 2.13 bits per heavy atom. The van der Waals surface area contributed by atoms with Gasteiger partial charge in [0.05, 0.1) is 18.1 Å². The molecule has 23 heavy (non-hydrogen) atoms. The topological polar surface area (TPSA) is 105 Å². The number of fused-ring (bicyclic) bond motifs is 1. The molecule has 0 saturated carbocycles. The second-order valence-corrected chi connectivity index (χ2v) is 5.35. The highest BCUT2D eigenvalue weighted by molar-refractivity contribution is 6.05. The minimum Gasteiger partial charge on any atom is -0.356 e. The number of aromatic nitrogens is 2. The molecule has 0 bridgehead atoms. The number of urea groups is 1. The van der Waals surface area contributed by atoms with E-state index in [0.29, 0.717) is 13.1 Å². The van der Waals surface area contributed by atoms with Crippen LogP contribution in [0.1, 0.15) is 12.8 Å². The first-order valence-corrected chi connectivity index (χ1v) is 7.42. The zero-order chi connectivity index (χ0) is 16.2. The van der Waals surface area contributed by atoms with Crippen molar-refractivity contribution in [1.82, 2.24) is 25.7 Å². The van der Waals surface area contributed by atoms with Crippen LogP contribution in [0.3, 0.4) is 0 Å². The van der Waals surface area contributed by atoms with E-state index in [1.807, 2.05) is 35.1 Å². The van der Waals surface area contributed by atoms with Gasteiger partial charge >= 0.3 is 6.03 Å². The summed E-state index contributed by atoms with van der Waals surface area (Å²) in [7, 11) is 0. The van der Waals surface area contributed by atoms with Crippen LogP contribution in [0.2, 0.25) is 0 Å². The molecule has 1 saturated heterocycles. The monoisotopic (exact) mass is 315 g/mol. The Bertz CT molecular complexity index is 754. The van der Waals surface area contributed by atoms with Gasteiger partial charge < -0.3 is 10.6 Å². The predicted octanol–water partition coefficient (Wildman–Crippen LogP) is 0.141. The molecule has 1 aliphatic rings. The Morgan fingerprint density at radius 3 is 2.91 bits per heavy atom. The molecule has 0 unspecified atom stereocenters. The Morgan fingerprint density at radius 1 is 1.30 bits per heavy atom.